The second-order valence-electron chi connectivity index (χ2n) is 6.84. The van der Waals surface area contributed by atoms with Crippen LogP contribution in [0.1, 0.15) is 16.7 Å². The fraction of sp³-hybridized carbons (Fsp3) is 0.0370. The van der Waals surface area contributed by atoms with E-state index < -0.39 is 0 Å². The topological polar surface area (TPSA) is 3.24 Å². The third kappa shape index (κ3) is 4.21. The molecule has 0 aliphatic heterocycles. The van der Waals surface area contributed by atoms with Crippen LogP contribution in [-0.4, -0.2) is 0 Å². The van der Waals surface area contributed by atoms with E-state index in [1.165, 1.54) is 16.7 Å². The molecule has 0 fully saturated rings. The highest BCUT2D eigenvalue weighted by Crippen LogP contribution is 2.34. The molecule has 0 saturated heterocycles. The number of aryl methyl sites for hydroxylation is 1. The molecule has 0 unspecified atom stereocenters. The lowest BCUT2D eigenvalue weighted by atomic mass is 10.1. The van der Waals surface area contributed by atoms with Gasteiger partial charge < -0.3 is 4.90 Å². The summed E-state index contributed by atoms with van der Waals surface area (Å²) in [5.74, 6) is 0. The van der Waals surface area contributed by atoms with Crippen LogP contribution in [0.2, 0.25) is 0 Å². The Labute approximate surface area is 167 Å². The summed E-state index contributed by atoms with van der Waals surface area (Å²) in [6.07, 6.45) is 4.29. The number of hydrogen-bond donors (Lipinski definition) is 0. The van der Waals surface area contributed by atoms with Gasteiger partial charge in [0.05, 0.1) is 0 Å². The second kappa shape index (κ2) is 8.41. The van der Waals surface area contributed by atoms with E-state index in [1.54, 1.807) is 0 Å². The van der Waals surface area contributed by atoms with Crippen LogP contribution in [0.25, 0.3) is 12.2 Å². The molecule has 4 rings (SSSR count). The van der Waals surface area contributed by atoms with Crippen LogP contribution in [0.3, 0.4) is 0 Å². The van der Waals surface area contributed by atoms with Crippen LogP contribution in [0.15, 0.2) is 109 Å². The normalized spacial score (nSPS) is 10.9. The largest absolute Gasteiger partial charge is 0.311 e. The molecule has 0 heterocycles. The second-order valence-corrected chi connectivity index (χ2v) is 6.84. The first-order chi connectivity index (χ1) is 13.8. The number of para-hydroxylation sites is 1. The van der Waals surface area contributed by atoms with Crippen molar-refractivity contribution >= 4 is 29.2 Å². The van der Waals surface area contributed by atoms with Crippen molar-refractivity contribution in [1.82, 2.24) is 0 Å². The molecule has 4 aromatic rings. The molecule has 0 aromatic heterocycles. The van der Waals surface area contributed by atoms with Gasteiger partial charge in [0.1, 0.15) is 0 Å². The standard InChI is InChI=1S/C27H23N/c1-22-12-18-26(19-13-22)28(25-10-6-3-7-11-25)27-20-16-24(17-21-27)15-14-23-8-4-2-5-9-23/h2-21H,1H3. The van der Waals surface area contributed by atoms with E-state index in [9.17, 15) is 0 Å². The molecule has 0 radical (unpaired) electrons. The van der Waals surface area contributed by atoms with Crippen molar-refractivity contribution in [2.45, 2.75) is 6.92 Å². The Bertz CT molecular complexity index is 1030. The molecule has 0 aliphatic carbocycles. The molecule has 0 amide bonds. The minimum atomic E-state index is 1.15. The zero-order valence-corrected chi connectivity index (χ0v) is 16.0. The lowest BCUT2D eigenvalue weighted by molar-refractivity contribution is 1.27. The van der Waals surface area contributed by atoms with Gasteiger partial charge in [-0.25, -0.2) is 0 Å². The van der Waals surface area contributed by atoms with E-state index in [0.29, 0.717) is 0 Å². The fourth-order valence-electron chi connectivity index (χ4n) is 3.21. The van der Waals surface area contributed by atoms with Crippen LogP contribution in [0, 0.1) is 6.92 Å². The predicted molar refractivity (Wildman–Crippen MR) is 121 cm³/mol. The Morgan fingerprint density at radius 2 is 0.893 bits per heavy atom. The molecule has 136 valence electrons. The van der Waals surface area contributed by atoms with Crippen LogP contribution >= 0.6 is 0 Å². The van der Waals surface area contributed by atoms with E-state index in [0.717, 1.165) is 17.1 Å². The van der Waals surface area contributed by atoms with Gasteiger partial charge in [-0.3, -0.25) is 0 Å². The van der Waals surface area contributed by atoms with E-state index in [2.05, 4.69) is 121 Å². The first-order valence-corrected chi connectivity index (χ1v) is 9.55. The van der Waals surface area contributed by atoms with E-state index in [1.807, 2.05) is 12.1 Å². The Kier molecular flexibility index (Phi) is 5.35. The highest BCUT2D eigenvalue weighted by Gasteiger charge is 2.11. The average molecular weight is 361 g/mol. The molecule has 0 atom stereocenters. The van der Waals surface area contributed by atoms with Crippen molar-refractivity contribution in [3.8, 4) is 0 Å². The van der Waals surface area contributed by atoms with Crippen molar-refractivity contribution in [2.24, 2.45) is 0 Å². The monoisotopic (exact) mass is 361 g/mol. The smallest absolute Gasteiger partial charge is 0.0462 e. The van der Waals surface area contributed by atoms with Crippen LogP contribution in [-0.2, 0) is 0 Å². The van der Waals surface area contributed by atoms with Crippen LogP contribution in [0.4, 0.5) is 17.1 Å². The SMILES string of the molecule is Cc1ccc(N(c2ccccc2)c2ccc(C=Cc3ccccc3)cc2)cc1. The maximum absolute atomic E-state index is 2.28. The van der Waals surface area contributed by atoms with Gasteiger partial charge in [-0.15, -0.1) is 0 Å². The Morgan fingerprint density at radius 3 is 1.46 bits per heavy atom. The minimum Gasteiger partial charge on any atom is -0.311 e. The third-order valence-electron chi connectivity index (χ3n) is 4.73. The van der Waals surface area contributed by atoms with Gasteiger partial charge in [0.25, 0.3) is 0 Å². The zero-order chi connectivity index (χ0) is 19.2. The average Bonchev–Trinajstić information content (AvgIpc) is 2.76. The molecule has 1 heteroatoms. The van der Waals surface area contributed by atoms with Crippen molar-refractivity contribution in [3.63, 3.8) is 0 Å². The van der Waals surface area contributed by atoms with E-state index >= 15 is 0 Å². The van der Waals surface area contributed by atoms with Crippen LogP contribution in [0.5, 0.6) is 0 Å². The summed E-state index contributed by atoms with van der Waals surface area (Å²) >= 11 is 0. The van der Waals surface area contributed by atoms with Gasteiger partial charge in [0.15, 0.2) is 0 Å². The molecule has 0 spiro atoms. The summed E-state index contributed by atoms with van der Waals surface area (Å²) in [5, 5.41) is 0. The van der Waals surface area contributed by atoms with Crippen molar-refractivity contribution in [3.05, 3.63) is 126 Å². The zero-order valence-electron chi connectivity index (χ0n) is 16.0. The lowest BCUT2D eigenvalue weighted by Crippen LogP contribution is -2.09. The third-order valence-corrected chi connectivity index (χ3v) is 4.73. The molecule has 0 aliphatic rings. The summed E-state index contributed by atoms with van der Waals surface area (Å²) in [7, 11) is 0. The van der Waals surface area contributed by atoms with Gasteiger partial charge in [-0.1, -0.05) is 90.5 Å². The summed E-state index contributed by atoms with van der Waals surface area (Å²) in [4.78, 5) is 2.28. The molecule has 4 aromatic carbocycles. The van der Waals surface area contributed by atoms with Gasteiger partial charge in [0.2, 0.25) is 0 Å². The quantitative estimate of drug-likeness (QED) is 0.330. The van der Waals surface area contributed by atoms with Gasteiger partial charge in [-0.05, 0) is 54.4 Å². The molecular weight excluding hydrogens is 338 g/mol. The van der Waals surface area contributed by atoms with Gasteiger partial charge in [0, 0.05) is 17.1 Å². The number of benzene rings is 4. The summed E-state index contributed by atoms with van der Waals surface area (Å²) < 4.78 is 0. The van der Waals surface area contributed by atoms with Crippen molar-refractivity contribution in [2.75, 3.05) is 4.90 Å². The summed E-state index contributed by atoms with van der Waals surface area (Å²) in [5.41, 5.74) is 7.11. The summed E-state index contributed by atoms with van der Waals surface area (Å²) in [6.45, 7) is 2.12. The van der Waals surface area contributed by atoms with Crippen LogP contribution < -0.4 is 4.90 Å². The first-order valence-electron chi connectivity index (χ1n) is 9.55. The van der Waals surface area contributed by atoms with Gasteiger partial charge in [-0.2, -0.15) is 0 Å². The molecule has 0 bridgehead atoms. The molecular formula is C27H23N. The minimum absolute atomic E-state index is 1.15. The van der Waals surface area contributed by atoms with Crippen molar-refractivity contribution in [1.29, 1.82) is 0 Å². The molecule has 28 heavy (non-hydrogen) atoms. The number of anilines is 3. The van der Waals surface area contributed by atoms with Gasteiger partial charge >= 0.3 is 0 Å². The number of hydrogen-bond acceptors (Lipinski definition) is 1. The Hall–Kier alpha value is -3.58. The lowest BCUT2D eigenvalue weighted by Gasteiger charge is -2.25. The predicted octanol–water partition coefficient (Wildman–Crippen LogP) is 7.64. The van der Waals surface area contributed by atoms with E-state index in [-0.39, 0.29) is 0 Å². The van der Waals surface area contributed by atoms with E-state index in [4.69, 9.17) is 0 Å². The molecule has 0 saturated carbocycles. The maximum atomic E-state index is 2.28. The fourth-order valence-corrected chi connectivity index (χ4v) is 3.21. The van der Waals surface area contributed by atoms with Crippen molar-refractivity contribution < 1.29 is 0 Å². The Morgan fingerprint density at radius 1 is 0.464 bits per heavy atom. The number of nitrogens with zero attached hydrogens (tertiary/aromatic N) is 1. The highest BCUT2D eigenvalue weighted by molar-refractivity contribution is 5.78. The Balaban J connectivity index is 1.65. The first kappa shape index (κ1) is 17.8. The maximum Gasteiger partial charge on any atom is 0.0462 e. The highest BCUT2D eigenvalue weighted by atomic mass is 15.1. The molecule has 0 N–H and O–H groups in total. The molecule has 1 nitrogen and oxygen atoms in total. The summed E-state index contributed by atoms with van der Waals surface area (Å²) in [6, 6.07) is 38.2. The number of rotatable bonds is 5.